The van der Waals surface area contributed by atoms with Crippen molar-refractivity contribution in [2.45, 2.75) is 44.7 Å². The molecule has 3 rings (SSSR count). The second kappa shape index (κ2) is 6.80. The molecular weight excluding hydrogens is 276 g/mol. The van der Waals surface area contributed by atoms with E-state index in [0.29, 0.717) is 6.04 Å². The fourth-order valence-electron chi connectivity index (χ4n) is 3.84. The third-order valence-electron chi connectivity index (χ3n) is 5.13. The van der Waals surface area contributed by atoms with Gasteiger partial charge in [-0.05, 0) is 68.9 Å². The summed E-state index contributed by atoms with van der Waals surface area (Å²) in [5, 5.41) is 8.89. The first-order chi connectivity index (χ1) is 10.6. The molecule has 0 aromatic heterocycles. The molecule has 0 bridgehead atoms. The van der Waals surface area contributed by atoms with E-state index in [9.17, 15) is 4.79 Å². The van der Waals surface area contributed by atoms with E-state index in [-0.39, 0.29) is 6.54 Å². The van der Waals surface area contributed by atoms with Crippen LogP contribution in [0.5, 0.6) is 0 Å². The van der Waals surface area contributed by atoms with Gasteiger partial charge in [-0.1, -0.05) is 18.2 Å². The predicted octanol–water partition coefficient (Wildman–Crippen LogP) is 2.16. The van der Waals surface area contributed by atoms with Crippen molar-refractivity contribution in [3.8, 4) is 0 Å². The van der Waals surface area contributed by atoms with Crippen molar-refractivity contribution in [1.29, 1.82) is 0 Å². The summed E-state index contributed by atoms with van der Waals surface area (Å²) in [4.78, 5) is 15.3. The lowest BCUT2D eigenvalue weighted by Crippen LogP contribution is -2.44. The number of carbonyl (C=O) groups is 1. The molecule has 1 aliphatic heterocycles. The van der Waals surface area contributed by atoms with Crippen molar-refractivity contribution in [1.82, 2.24) is 9.80 Å². The Kier molecular flexibility index (Phi) is 4.79. The van der Waals surface area contributed by atoms with E-state index >= 15 is 0 Å². The summed E-state index contributed by atoms with van der Waals surface area (Å²) in [5.74, 6) is -0.733. The van der Waals surface area contributed by atoms with E-state index in [1.54, 1.807) is 5.56 Å². The summed E-state index contributed by atoms with van der Waals surface area (Å²) in [6, 6.07) is 7.40. The Balaban J connectivity index is 1.50. The summed E-state index contributed by atoms with van der Waals surface area (Å²) in [6.45, 7) is 3.30. The number of carboxylic acid groups (broad SMARTS) is 1. The van der Waals surface area contributed by atoms with E-state index in [1.807, 2.05) is 11.9 Å². The second-order valence-corrected chi connectivity index (χ2v) is 6.77. The normalized spacial score (nSPS) is 19.5. The number of aliphatic carboxylic acids is 1. The van der Waals surface area contributed by atoms with Crippen molar-refractivity contribution < 1.29 is 9.90 Å². The maximum absolute atomic E-state index is 10.8. The van der Waals surface area contributed by atoms with Crippen molar-refractivity contribution in [2.75, 3.05) is 26.7 Å². The van der Waals surface area contributed by atoms with Gasteiger partial charge in [-0.25, -0.2) is 0 Å². The first kappa shape index (κ1) is 15.5. The summed E-state index contributed by atoms with van der Waals surface area (Å²) >= 11 is 0. The second-order valence-electron chi connectivity index (χ2n) is 6.77. The summed E-state index contributed by atoms with van der Waals surface area (Å²) in [7, 11) is 1.93. The Hall–Kier alpha value is -1.39. The average Bonchev–Trinajstić information content (AvgIpc) is 2.95. The number of rotatable bonds is 5. The number of carboxylic acids is 1. The van der Waals surface area contributed by atoms with Crippen LogP contribution >= 0.6 is 0 Å². The number of aryl methyl sites for hydroxylation is 2. The minimum atomic E-state index is -0.733. The quantitative estimate of drug-likeness (QED) is 0.905. The highest BCUT2D eigenvalue weighted by Gasteiger charge is 2.23. The van der Waals surface area contributed by atoms with E-state index < -0.39 is 5.97 Å². The Labute approximate surface area is 132 Å². The molecule has 22 heavy (non-hydrogen) atoms. The number of likely N-dealkylation sites (tertiary alicyclic amines) is 1. The van der Waals surface area contributed by atoms with Gasteiger partial charge in [0.2, 0.25) is 0 Å². The molecule has 1 aromatic carbocycles. The zero-order valence-electron chi connectivity index (χ0n) is 13.4. The van der Waals surface area contributed by atoms with Crippen LogP contribution in [0.4, 0.5) is 0 Å². The molecule has 0 atom stereocenters. The van der Waals surface area contributed by atoms with Gasteiger partial charge in [-0.15, -0.1) is 0 Å². The van der Waals surface area contributed by atoms with Crippen molar-refractivity contribution in [3.63, 3.8) is 0 Å². The lowest BCUT2D eigenvalue weighted by Gasteiger charge is -2.36. The van der Waals surface area contributed by atoms with Crippen LogP contribution in [-0.2, 0) is 24.2 Å². The Morgan fingerprint density at radius 2 is 2.00 bits per heavy atom. The average molecular weight is 302 g/mol. The third kappa shape index (κ3) is 3.68. The summed E-state index contributed by atoms with van der Waals surface area (Å²) in [5.41, 5.74) is 4.52. The largest absolute Gasteiger partial charge is 0.480 e. The van der Waals surface area contributed by atoms with E-state index in [1.165, 1.54) is 30.4 Å². The molecule has 0 amide bonds. The van der Waals surface area contributed by atoms with Gasteiger partial charge in [0.05, 0.1) is 6.54 Å². The van der Waals surface area contributed by atoms with Crippen molar-refractivity contribution in [2.24, 2.45) is 0 Å². The lowest BCUT2D eigenvalue weighted by atomic mass is 10.0. The van der Waals surface area contributed by atoms with Crippen LogP contribution in [0.3, 0.4) is 0 Å². The molecule has 0 spiro atoms. The van der Waals surface area contributed by atoms with Gasteiger partial charge in [-0.2, -0.15) is 0 Å². The Morgan fingerprint density at radius 3 is 2.73 bits per heavy atom. The molecule has 1 heterocycles. The number of hydrogen-bond donors (Lipinski definition) is 1. The van der Waals surface area contributed by atoms with Crippen molar-refractivity contribution >= 4 is 5.97 Å². The maximum Gasteiger partial charge on any atom is 0.317 e. The highest BCUT2D eigenvalue weighted by atomic mass is 16.4. The summed E-state index contributed by atoms with van der Waals surface area (Å²) in [6.07, 6.45) is 5.92. The molecule has 4 heteroatoms. The van der Waals surface area contributed by atoms with E-state index in [2.05, 4.69) is 23.1 Å². The monoisotopic (exact) mass is 302 g/mol. The molecule has 1 aromatic rings. The Bertz CT molecular complexity index is 536. The highest BCUT2D eigenvalue weighted by molar-refractivity contribution is 5.69. The predicted molar refractivity (Wildman–Crippen MR) is 87.0 cm³/mol. The number of nitrogens with zero attached hydrogens (tertiary/aromatic N) is 2. The molecule has 0 saturated carbocycles. The van der Waals surface area contributed by atoms with Crippen LogP contribution in [-0.4, -0.2) is 53.6 Å². The molecular formula is C18H26N2O2. The fourth-order valence-corrected chi connectivity index (χ4v) is 3.84. The van der Waals surface area contributed by atoms with Gasteiger partial charge < -0.3 is 5.11 Å². The van der Waals surface area contributed by atoms with Crippen LogP contribution < -0.4 is 0 Å². The number of benzene rings is 1. The molecule has 0 unspecified atom stereocenters. The summed E-state index contributed by atoms with van der Waals surface area (Å²) < 4.78 is 0. The zero-order valence-corrected chi connectivity index (χ0v) is 13.4. The molecule has 4 nitrogen and oxygen atoms in total. The first-order valence-corrected chi connectivity index (χ1v) is 8.37. The Morgan fingerprint density at radius 1 is 1.27 bits per heavy atom. The molecule has 1 fully saturated rings. The molecule has 2 aliphatic rings. The van der Waals surface area contributed by atoms with Gasteiger partial charge in [0, 0.05) is 12.6 Å². The molecule has 1 aliphatic carbocycles. The van der Waals surface area contributed by atoms with Crippen LogP contribution in [0.25, 0.3) is 0 Å². The maximum atomic E-state index is 10.8. The number of likely N-dealkylation sites (N-methyl/N-ethyl adjacent to an activating group) is 1. The standard InChI is InChI=1S/C18H26N2O2/c1-19(13-18(21)22)17-7-9-20(10-8-17)12-14-5-6-15-3-2-4-16(15)11-14/h5-6,11,17H,2-4,7-10,12-13H2,1H3,(H,21,22). The van der Waals surface area contributed by atoms with Gasteiger partial charge in [0.25, 0.3) is 0 Å². The zero-order chi connectivity index (χ0) is 15.5. The number of hydrogen-bond acceptors (Lipinski definition) is 3. The fraction of sp³-hybridized carbons (Fsp3) is 0.611. The van der Waals surface area contributed by atoms with Crippen LogP contribution in [0.2, 0.25) is 0 Å². The van der Waals surface area contributed by atoms with Gasteiger partial charge in [0.15, 0.2) is 0 Å². The van der Waals surface area contributed by atoms with Crippen LogP contribution in [0, 0.1) is 0 Å². The third-order valence-corrected chi connectivity index (χ3v) is 5.13. The number of fused-ring (bicyclic) bond motifs is 1. The minimum Gasteiger partial charge on any atom is -0.480 e. The number of piperidine rings is 1. The molecule has 0 radical (unpaired) electrons. The highest BCUT2D eigenvalue weighted by Crippen LogP contribution is 2.24. The van der Waals surface area contributed by atoms with Gasteiger partial charge in [-0.3, -0.25) is 14.6 Å². The topological polar surface area (TPSA) is 43.8 Å². The minimum absolute atomic E-state index is 0.148. The van der Waals surface area contributed by atoms with Gasteiger partial charge >= 0.3 is 5.97 Å². The van der Waals surface area contributed by atoms with Crippen molar-refractivity contribution in [3.05, 3.63) is 34.9 Å². The molecule has 1 saturated heterocycles. The molecule has 120 valence electrons. The first-order valence-electron chi connectivity index (χ1n) is 8.37. The van der Waals surface area contributed by atoms with Gasteiger partial charge in [0.1, 0.15) is 0 Å². The van der Waals surface area contributed by atoms with E-state index in [4.69, 9.17) is 5.11 Å². The SMILES string of the molecule is CN(CC(=O)O)C1CCN(Cc2ccc3c(c2)CCC3)CC1. The lowest BCUT2D eigenvalue weighted by molar-refractivity contribution is -0.138. The van der Waals surface area contributed by atoms with Crippen LogP contribution in [0.15, 0.2) is 18.2 Å². The van der Waals surface area contributed by atoms with Crippen LogP contribution in [0.1, 0.15) is 36.0 Å². The smallest absolute Gasteiger partial charge is 0.317 e. The van der Waals surface area contributed by atoms with E-state index in [0.717, 1.165) is 32.5 Å². The molecule has 1 N–H and O–H groups in total.